The van der Waals surface area contributed by atoms with Crippen LogP contribution in [0.5, 0.6) is 0 Å². The topological polar surface area (TPSA) is 51.8 Å². The fraction of sp³-hybridized carbons (Fsp3) is 0.733. The van der Waals surface area contributed by atoms with Gasteiger partial charge in [-0.2, -0.15) is 0 Å². The number of nitrogens with zero attached hydrogens (tertiary/aromatic N) is 2. The molecule has 0 spiro atoms. The van der Waals surface area contributed by atoms with Crippen LogP contribution in [0, 0.1) is 12.8 Å². The van der Waals surface area contributed by atoms with Gasteiger partial charge in [0.15, 0.2) is 0 Å². The minimum Gasteiger partial charge on any atom is -0.328 e. The number of hydrogen-bond donors (Lipinski definition) is 1. The van der Waals surface area contributed by atoms with E-state index in [0.717, 1.165) is 29.6 Å². The van der Waals surface area contributed by atoms with Gasteiger partial charge >= 0.3 is 0 Å². The Balaban J connectivity index is 2.15. The van der Waals surface area contributed by atoms with Crippen LogP contribution in [0.3, 0.4) is 0 Å². The summed E-state index contributed by atoms with van der Waals surface area (Å²) in [6, 6.07) is 2.23. The van der Waals surface area contributed by atoms with Crippen molar-refractivity contribution < 1.29 is 0 Å². The zero-order chi connectivity index (χ0) is 13.1. The van der Waals surface area contributed by atoms with E-state index in [9.17, 15) is 0 Å². The highest BCUT2D eigenvalue weighted by Gasteiger charge is 2.27. The molecule has 0 aromatic carbocycles. The lowest BCUT2D eigenvalue weighted by Crippen LogP contribution is -2.19. The third-order valence-electron chi connectivity index (χ3n) is 3.94. The van der Waals surface area contributed by atoms with Gasteiger partial charge in [0, 0.05) is 29.8 Å². The molecule has 3 nitrogen and oxygen atoms in total. The second-order valence-corrected chi connectivity index (χ2v) is 5.82. The minimum atomic E-state index is 0.166. The van der Waals surface area contributed by atoms with Crippen LogP contribution < -0.4 is 5.73 Å². The normalized spacial score (nSPS) is 25.3. The molecule has 0 bridgehead atoms. The summed E-state index contributed by atoms with van der Waals surface area (Å²) in [5, 5.41) is 0. The highest BCUT2D eigenvalue weighted by atomic mass is 14.9. The summed E-state index contributed by atoms with van der Waals surface area (Å²) in [7, 11) is 0. The molecule has 0 radical (unpaired) electrons. The van der Waals surface area contributed by atoms with Crippen molar-refractivity contribution in [2.45, 2.75) is 64.8 Å². The van der Waals surface area contributed by atoms with E-state index in [1.807, 2.05) is 6.92 Å². The first-order chi connectivity index (χ1) is 8.58. The van der Waals surface area contributed by atoms with E-state index >= 15 is 0 Å². The van der Waals surface area contributed by atoms with Crippen molar-refractivity contribution in [3.63, 3.8) is 0 Å². The van der Waals surface area contributed by atoms with E-state index in [-0.39, 0.29) is 6.04 Å². The minimum absolute atomic E-state index is 0.166. The van der Waals surface area contributed by atoms with Gasteiger partial charge in [0.25, 0.3) is 0 Å². The molecule has 1 aromatic rings. The molecule has 3 atom stereocenters. The molecule has 1 saturated carbocycles. The average molecular weight is 247 g/mol. The molecule has 1 heterocycles. The standard InChI is InChI=1S/C15H25N3/c1-4-12-5-6-13(9-12)15-17-11(3)8-14(18-15)7-10(2)16/h8,10,12-13H,4-7,9,16H2,1-3H3. The molecular formula is C15H25N3. The molecule has 0 saturated heterocycles. The van der Waals surface area contributed by atoms with E-state index in [4.69, 9.17) is 10.7 Å². The maximum Gasteiger partial charge on any atom is 0.131 e. The average Bonchev–Trinajstić information content (AvgIpc) is 2.75. The van der Waals surface area contributed by atoms with Crippen LogP contribution in [-0.4, -0.2) is 16.0 Å². The van der Waals surface area contributed by atoms with Gasteiger partial charge in [-0.25, -0.2) is 9.97 Å². The van der Waals surface area contributed by atoms with Crippen LogP contribution in [0.2, 0.25) is 0 Å². The Morgan fingerprint density at radius 3 is 2.78 bits per heavy atom. The number of nitrogens with two attached hydrogens (primary N) is 1. The summed E-state index contributed by atoms with van der Waals surface area (Å²) in [5.41, 5.74) is 8.04. The molecule has 1 aliphatic carbocycles. The number of hydrogen-bond acceptors (Lipinski definition) is 3. The van der Waals surface area contributed by atoms with E-state index in [0.29, 0.717) is 5.92 Å². The summed E-state index contributed by atoms with van der Waals surface area (Å²) < 4.78 is 0. The molecule has 2 N–H and O–H groups in total. The molecule has 0 aliphatic heterocycles. The van der Waals surface area contributed by atoms with Crippen molar-refractivity contribution >= 4 is 0 Å². The molecule has 3 heteroatoms. The van der Waals surface area contributed by atoms with Crippen LogP contribution in [-0.2, 0) is 6.42 Å². The maximum absolute atomic E-state index is 5.86. The van der Waals surface area contributed by atoms with Crippen LogP contribution in [0.25, 0.3) is 0 Å². The highest BCUT2D eigenvalue weighted by Crippen LogP contribution is 2.38. The fourth-order valence-corrected chi connectivity index (χ4v) is 2.96. The Morgan fingerprint density at radius 2 is 2.17 bits per heavy atom. The van der Waals surface area contributed by atoms with Gasteiger partial charge in [-0.15, -0.1) is 0 Å². The monoisotopic (exact) mass is 247 g/mol. The van der Waals surface area contributed by atoms with Crippen LogP contribution >= 0.6 is 0 Å². The second-order valence-electron chi connectivity index (χ2n) is 5.82. The molecule has 100 valence electrons. The third kappa shape index (κ3) is 3.29. The van der Waals surface area contributed by atoms with Crippen molar-refractivity contribution in [2.75, 3.05) is 0 Å². The van der Waals surface area contributed by atoms with Crippen LogP contribution in [0.1, 0.15) is 62.7 Å². The van der Waals surface area contributed by atoms with Crippen molar-refractivity contribution in [2.24, 2.45) is 11.7 Å². The second kappa shape index (κ2) is 5.79. The van der Waals surface area contributed by atoms with Crippen molar-refractivity contribution in [1.29, 1.82) is 0 Å². The van der Waals surface area contributed by atoms with E-state index in [2.05, 4.69) is 24.9 Å². The van der Waals surface area contributed by atoms with Gasteiger partial charge in [-0.3, -0.25) is 0 Å². The van der Waals surface area contributed by atoms with Crippen LogP contribution in [0.4, 0.5) is 0 Å². The molecule has 1 aliphatic rings. The number of aryl methyl sites for hydroxylation is 1. The third-order valence-corrected chi connectivity index (χ3v) is 3.94. The lowest BCUT2D eigenvalue weighted by atomic mass is 10.0. The van der Waals surface area contributed by atoms with Gasteiger partial charge in [0.1, 0.15) is 5.82 Å². The quantitative estimate of drug-likeness (QED) is 0.890. The summed E-state index contributed by atoms with van der Waals surface area (Å²) in [6.45, 7) is 6.37. The molecular weight excluding hydrogens is 222 g/mol. The van der Waals surface area contributed by atoms with E-state index in [1.54, 1.807) is 0 Å². The Kier molecular flexibility index (Phi) is 4.33. The number of aromatic nitrogens is 2. The predicted octanol–water partition coefficient (Wildman–Crippen LogP) is 2.97. The van der Waals surface area contributed by atoms with Crippen molar-refractivity contribution in [3.05, 3.63) is 23.3 Å². The Hall–Kier alpha value is -0.960. The zero-order valence-electron chi connectivity index (χ0n) is 11.8. The predicted molar refractivity (Wildman–Crippen MR) is 74.5 cm³/mol. The Morgan fingerprint density at radius 1 is 1.39 bits per heavy atom. The molecule has 2 rings (SSSR count). The molecule has 18 heavy (non-hydrogen) atoms. The van der Waals surface area contributed by atoms with Gasteiger partial charge in [0.2, 0.25) is 0 Å². The molecule has 1 aromatic heterocycles. The maximum atomic E-state index is 5.86. The van der Waals surface area contributed by atoms with Gasteiger partial charge in [0.05, 0.1) is 0 Å². The largest absolute Gasteiger partial charge is 0.328 e. The fourth-order valence-electron chi connectivity index (χ4n) is 2.96. The Labute approximate surface area is 110 Å². The van der Waals surface area contributed by atoms with Crippen LogP contribution in [0.15, 0.2) is 6.07 Å². The molecule has 3 unspecified atom stereocenters. The summed E-state index contributed by atoms with van der Waals surface area (Å²) >= 11 is 0. The lowest BCUT2D eigenvalue weighted by Gasteiger charge is -2.12. The smallest absolute Gasteiger partial charge is 0.131 e. The SMILES string of the molecule is CCC1CCC(c2nc(C)cc(CC(C)N)n2)C1. The zero-order valence-corrected chi connectivity index (χ0v) is 11.8. The summed E-state index contributed by atoms with van der Waals surface area (Å²) in [4.78, 5) is 9.37. The molecule has 1 fully saturated rings. The summed E-state index contributed by atoms with van der Waals surface area (Å²) in [5.74, 6) is 2.50. The first-order valence-electron chi connectivity index (χ1n) is 7.18. The lowest BCUT2D eigenvalue weighted by molar-refractivity contribution is 0.515. The first kappa shape index (κ1) is 13.5. The van der Waals surface area contributed by atoms with Gasteiger partial charge in [-0.1, -0.05) is 13.3 Å². The van der Waals surface area contributed by atoms with E-state index < -0.39 is 0 Å². The first-order valence-corrected chi connectivity index (χ1v) is 7.18. The highest BCUT2D eigenvalue weighted by molar-refractivity contribution is 5.14. The molecule has 0 amide bonds. The van der Waals surface area contributed by atoms with Crippen molar-refractivity contribution in [3.8, 4) is 0 Å². The van der Waals surface area contributed by atoms with E-state index in [1.165, 1.54) is 25.7 Å². The summed E-state index contributed by atoms with van der Waals surface area (Å²) in [6.07, 6.45) is 5.98. The van der Waals surface area contributed by atoms with Gasteiger partial charge in [-0.05, 0) is 45.1 Å². The number of rotatable bonds is 4. The van der Waals surface area contributed by atoms with Gasteiger partial charge < -0.3 is 5.73 Å². The van der Waals surface area contributed by atoms with Crippen molar-refractivity contribution in [1.82, 2.24) is 9.97 Å². The Bertz CT molecular complexity index is 401.